The quantitative estimate of drug-likeness (QED) is 0.0206. The molecule has 3 heterocycles. The van der Waals surface area contributed by atoms with Crippen molar-refractivity contribution in [2.75, 3.05) is 49.1 Å². The second kappa shape index (κ2) is 30.1. The highest BCUT2D eigenvalue weighted by Gasteiger charge is 2.44. The normalized spacial score (nSPS) is 17.8. The number of hydrogen-bond acceptors (Lipinski definition) is 14. The molecular weight excluding hydrogens is 1120 g/mol. The highest BCUT2D eigenvalue weighted by molar-refractivity contribution is 7.86. The molecule has 0 saturated carbocycles. The summed E-state index contributed by atoms with van der Waals surface area (Å²) >= 11 is 0. The summed E-state index contributed by atoms with van der Waals surface area (Å²) in [6.45, 7) is 11.0. The number of amides is 3. The first-order chi connectivity index (χ1) is 38.1. The first-order valence-electron chi connectivity index (χ1n) is 27.8. The number of fused-ring (bicyclic) bond motifs is 2. The summed E-state index contributed by atoms with van der Waals surface area (Å²) in [5.41, 5.74) is 7.83. The number of benzene rings is 2. The molecule has 1 aliphatic carbocycles. The molecule has 0 atom stereocenters. The van der Waals surface area contributed by atoms with E-state index in [2.05, 4.69) is 70.4 Å². The van der Waals surface area contributed by atoms with E-state index in [1.165, 1.54) is 34.7 Å². The van der Waals surface area contributed by atoms with E-state index in [0.717, 1.165) is 117 Å². The van der Waals surface area contributed by atoms with Gasteiger partial charge in [-0.3, -0.25) is 32.9 Å². The Hall–Kier alpha value is -5.63. The number of anilines is 1. The average molecular weight is 1200 g/mol. The molecule has 0 bridgehead atoms. The number of hydrogen-bond donors (Lipinski definition) is 5. The molecule has 4 aliphatic rings. The van der Waals surface area contributed by atoms with Crippen LogP contribution < -0.4 is 15.5 Å². The number of imide groups is 1. The summed E-state index contributed by atoms with van der Waals surface area (Å²) in [4.78, 5) is 38.8. The minimum atomic E-state index is -4.50. The molecule has 6 rings (SSSR count). The van der Waals surface area contributed by atoms with Crippen molar-refractivity contribution >= 4 is 75.8 Å². The topological polar surface area (TPSA) is 299 Å². The molecule has 0 aromatic heterocycles. The highest BCUT2D eigenvalue weighted by Crippen LogP contribution is 2.49. The van der Waals surface area contributed by atoms with Gasteiger partial charge < -0.3 is 15.5 Å². The zero-order valence-electron chi connectivity index (χ0n) is 46.9. The van der Waals surface area contributed by atoms with Gasteiger partial charge in [0, 0.05) is 91.4 Å². The van der Waals surface area contributed by atoms with E-state index >= 15 is 0 Å². The second-order valence-corrected chi connectivity index (χ2v) is 26.8. The molecule has 0 radical (unpaired) electrons. The fourth-order valence-electron chi connectivity index (χ4n) is 10.9. The molecule has 0 unspecified atom stereocenters. The van der Waals surface area contributed by atoms with Crippen LogP contribution in [0.1, 0.15) is 154 Å². The number of carbonyl (C=O) groups is 3. The summed E-state index contributed by atoms with van der Waals surface area (Å²) in [5.74, 6) is -1.24. The molecule has 81 heavy (non-hydrogen) atoms. The predicted octanol–water partition coefficient (Wildman–Crippen LogP) is 8.17. The molecule has 24 heteroatoms. The SMILES string of the molecule is CC1(C)C(/C=C/C2=C(NCCCCCCCCCCC(=O)NCCCCN3C(=O)C=CC3=O)C(=C/C=C3/N(CCCCS(=O)(=O)O)c4ccc(S(=O)(=O)O)cc4C3(C)C)/CCC2)=[N+](CCCCS(=O)(=O)O)c2ccccc21.O=S(=O)=O. The molecule has 0 fully saturated rings. The lowest BCUT2D eigenvalue weighted by Crippen LogP contribution is -2.31. The molecule has 446 valence electrons. The van der Waals surface area contributed by atoms with E-state index in [4.69, 9.17) is 12.6 Å². The molecule has 3 aliphatic heterocycles. The third-order valence-electron chi connectivity index (χ3n) is 15.1. The number of unbranched alkanes of at least 4 members (excludes halogenated alkanes) is 10. The van der Waals surface area contributed by atoms with Gasteiger partial charge in [0.1, 0.15) is 6.54 Å². The van der Waals surface area contributed by atoms with Crippen LogP contribution in [-0.2, 0) is 66.2 Å². The number of nitrogens with one attached hydrogen (secondary N) is 2. The molecule has 3 amide bonds. The lowest BCUT2D eigenvalue weighted by Gasteiger charge is -2.28. The summed E-state index contributed by atoms with van der Waals surface area (Å²) in [6.07, 6.45) is 25.1. The Morgan fingerprint density at radius 1 is 0.667 bits per heavy atom. The molecule has 5 N–H and O–H groups in total. The number of para-hydroxylation sites is 1. The average Bonchev–Trinajstić information content (AvgIpc) is 4.16. The van der Waals surface area contributed by atoms with Gasteiger partial charge in [0.15, 0.2) is 5.71 Å². The van der Waals surface area contributed by atoms with Crippen LogP contribution in [-0.4, -0.2) is 129 Å². The Labute approximate surface area is 479 Å². The largest absolute Gasteiger partial charge is 0.425 e. The standard InChI is InChI=1S/C57H79N5O12S3.O3S/c1-56(2)46-24-12-13-25-48(46)60(37-17-19-40-75(66,67)68)50(56)31-27-43-22-21-23-44(28-32-51-57(3,4)47-42-45(77(72,73)74)29-30-49(47)61(51)38-18-20-41-76(69,70)71)55(43)59-36-14-10-8-6-5-7-9-11-26-52(63)58-35-15-16-39-62-53(64)33-34-54(62)65;1-4(2)3/h12-13,24-25,27-34,42H,5-11,14-23,26,35-41H2,1-4H3,(H4,58,63,66,67,68,69,70,71,72,73,74);/p+1/b44-28+,51-32+;. The van der Waals surface area contributed by atoms with Crippen LogP contribution in [0.25, 0.3) is 0 Å². The van der Waals surface area contributed by atoms with Crippen molar-refractivity contribution in [3.8, 4) is 0 Å². The summed E-state index contributed by atoms with van der Waals surface area (Å²) in [7, 11) is -15.9. The fraction of sp³-hybridized carbons (Fsp3) is 0.544. The minimum Gasteiger partial charge on any atom is -0.385 e. The van der Waals surface area contributed by atoms with E-state index in [-0.39, 0.29) is 46.0 Å². The Morgan fingerprint density at radius 2 is 1.25 bits per heavy atom. The highest BCUT2D eigenvalue weighted by atomic mass is 32.2. The fourth-order valence-corrected chi connectivity index (χ4v) is 12.6. The van der Waals surface area contributed by atoms with Gasteiger partial charge >= 0.3 is 10.6 Å². The van der Waals surface area contributed by atoms with E-state index < -0.39 is 46.4 Å². The monoisotopic (exact) mass is 1200 g/mol. The van der Waals surface area contributed by atoms with Gasteiger partial charge in [-0.2, -0.15) is 29.8 Å². The molecule has 20 nitrogen and oxygen atoms in total. The van der Waals surface area contributed by atoms with Crippen molar-refractivity contribution < 1.29 is 70.5 Å². The Bertz CT molecular complexity index is 3250. The molecule has 0 spiro atoms. The maximum absolute atomic E-state index is 12.4. The van der Waals surface area contributed by atoms with Crippen LogP contribution >= 0.6 is 0 Å². The maximum atomic E-state index is 12.4. The van der Waals surface area contributed by atoms with Crippen molar-refractivity contribution in [3.63, 3.8) is 0 Å². The first-order valence-corrected chi connectivity index (χ1v) is 33.5. The summed E-state index contributed by atoms with van der Waals surface area (Å²) in [5, 5.41) is 6.79. The zero-order chi connectivity index (χ0) is 59.6. The zero-order valence-corrected chi connectivity index (χ0v) is 50.2. The molecule has 2 aromatic carbocycles. The maximum Gasteiger partial charge on any atom is 0.425 e. The van der Waals surface area contributed by atoms with Gasteiger partial charge in [-0.1, -0.05) is 82.7 Å². The first kappa shape index (κ1) is 66.2. The van der Waals surface area contributed by atoms with Crippen LogP contribution in [0.2, 0.25) is 0 Å². The van der Waals surface area contributed by atoms with Crippen molar-refractivity contribution in [3.05, 3.63) is 113 Å². The van der Waals surface area contributed by atoms with Crippen LogP contribution in [0, 0.1) is 0 Å². The summed E-state index contributed by atoms with van der Waals surface area (Å²) in [6, 6.07) is 12.8. The Balaban J connectivity index is 0.00000291. The van der Waals surface area contributed by atoms with Crippen molar-refractivity contribution in [2.24, 2.45) is 0 Å². The summed E-state index contributed by atoms with van der Waals surface area (Å²) < 4.78 is 127. The lowest BCUT2D eigenvalue weighted by molar-refractivity contribution is -0.438. The lowest BCUT2D eigenvalue weighted by atomic mass is 9.81. The number of carbonyl (C=O) groups excluding carboxylic acids is 3. The molecule has 2 aromatic rings. The minimum absolute atomic E-state index is 0.0207. The van der Waals surface area contributed by atoms with Gasteiger partial charge in [0.05, 0.1) is 21.8 Å². The van der Waals surface area contributed by atoms with Gasteiger partial charge in [-0.15, -0.1) is 12.6 Å². The van der Waals surface area contributed by atoms with Gasteiger partial charge in [0.2, 0.25) is 11.6 Å². The Morgan fingerprint density at radius 3 is 1.89 bits per heavy atom. The second-order valence-electron chi connectivity index (χ2n) is 21.9. The van der Waals surface area contributed by atoms with E-state index in [9.17, 15) is 53.3 Å². The smallest absolute Gasteiger partial charge is 0.385 e. The number of allylic oxidation sites excluding steroid dienone is 7. The van der Waals surface area contributed by atoms with Crippen LogP contribution in [0.5, 0.6) is 0 Å². The predicted molar refractivity (Wildman–Crippen MR) is 311 cm³/mol. The van der Waals surface area contributed by atoms with Gasteiger partial charge in [-0.05, 0) is 119 Å². The van der Waals surface area contributed by atoms with Crippen molar-refractivity contribution in [1.82, 2.24) is 15.5 Å². The van der Waals surface area contributed by atoms with Gasteiger partial charge in [0.25, 0.3) is 42.2 Å². The van der Waals surface area contributed by atoms with E-state index in [1.54, 1.807) is 6.07 Å². The number of rotatable bonds is 31. The van der Waals surface area contributed by atoms with Gasteiger partial charge in [-0.25, -0.2) is 0 Å². The molecule has 0 saturated heterocycles. The van der Waals surface area contributed by atoms with E-state index in [0.29, 0.717) is 70.3 Å². The Kier molecular flexibility index (Phi) is 24.6. The third kappa shape index (κ3) is 20.1. The van der Waals surface area contributed by atoms with Crippen LogP contribution in [0.15, 0.2) is 106 Å². The number of nitrogens with zero attached hydrogens (tertiary/aromatic N) is 3. The van der Waals surface area contributed by atoms with Crippen LogP contribution in [0.3, 0.4) is 0 Å². The van der Waals surface area contributed by atoms with Crippen molar-refractivity contribution in [2.45, 2.75) is 159 Å². The van der Waals surface area contributed by atoms with E-state index in [1.807, 2.05) is 26.0 Å². The molecular formula is C57H80N5O15S4+. The van der Waals surface area contributed by atoms with Crippen LogP contribution in [0.4, 0.5) is 11.4 Å². The third-order valence-corrected chi connectivity index (χ3v) is 17.6. The van der Waals surface area contributed by atoms with Crippen molar-refractivity contribution in [1.29, 1.82) is 0 Å².